The lowest BCUT2D eigenvalue weighted by atomic mass is 9.91. The molecule has 0 saturated carbocycles. The summed E-state index contributed by atoms with van der Waals surface area (Å²) in [7, 11) is 0. The molecule has 0 saturated heterocycles. The van der Waals surface area contributed by atoms with Gasteiger partial charge in [-0.1, -0.05) is 60.7 Å². The van der Waals surface area contributed by atoms with E-state index in [0.29, 0.717) is 49.5 Å². The van der Waals surface area contributed by atoms with E-state index in [0.717, 1.165) is 22.9 Å². The van der Waals surface area contributed by atoms with Crippen LogP contribution >= 0.6 is 11.7 Å². The van der Waals surface area contributed by atoms with Crippen LogP contribution in [-0.4, -0.2) is 13.7 Å². The number of rotatable bonds is 3. The van der Waals surface area contributed by atoms with E-state index >= 15 is 8.78 Å². The van der Waals surface area contributed by atoms with Gasteiger partial charge < -0.3 is 0 Å². The molecule has 0 aliphatic carbocycles. The van der Waals surface area contributed by atoms with E-state index < -0.39 is 34.1 Å². The molecule has 0 spiro atoms. The zero-order chi connectivity index (χ0) is 30.5. The largest absolute Gasteiger partial charge is 0.247 e. The van der Waals surface area contributed by atoms with Gasteiger partial charge in [0.15, 0.2) is 17.5 Å². The Labute approximate surface area is 251 Å². The van der Waals surface area contributed by atoms with Crippen molar-refractivity contribution in [3.63, 3.8) is 0 Å². The smallest absolute Gasteiger partial charge is 0.164 e. The van der Waals surface area contributed by atoms with E-state index in [1.165, 1.54) is 24.3 Å². The van der Waals surface area contributed by atoms with Crippen LogP contribution in [0.5, 0.6) is 0 Å². The van der Waals surface area contributed by atoms with Crippen LogP contribution < -0.4 is 0 Å². The average molecular weight is 595 g/mol. The molecule has 0 bridgehead atoms. The Bertz CT molecular complexity index is 2430. The molecule has 0 amide bonds. The Kier molecular flexibility index (Phi) is 6.25. The van der Waals surface area contributed by atoms with Gasteiger partial charge in [-0.25, -0.2) is 18.2 Å². The van der Waals surface area contributed by atoms with Crippen LogP contribution in [0.2, 0.25) is 0 Å². The van der Waals surface area contributed by atoms with Gasteiger partial charge in [0, 0.05) is 27.3 Å². The fourth-order valence-corrected chi connectivity index (χ4v) is 6.08. The predicted molar refractivity (Wildman–Crippen MR) is 161 cm³/mol. The van der Waals surface area contributed by atoms with Gasteiger partial charge in [-0.05, 0) is 29.3 Å². The van der Waals surface area contributed by atoms with Crippen molar-refractivity contribution in [1.29, 1.82) is 15.8 Å². The van der Waals surface area contributed by atoms with Crippen molar-refractivity contribution in [2.24, 2.45) is 0 Å². The Balaban J connectivity index is 1.63. The van der Waals surface area contributed by atoms with Crippen molar-refractivity contribution in [3.05, 3.63) is 113 Å². The maximum Gasteiger partial charge on any atom is 0.164 e. The second kappa shape index (κ2) is 10.3. The first-order valence-electron chi connectivity index (χ1n) is 13.1. The van der Waals surface area contributed by atoms with Crippen molar-refractivity contribution in [1.82, 2.24) is 13.7 Å². The Hall–Kier alpha value is -6.15. The van der Waals surface area contributed by atoms with Gasteiger partial charge in [-0.15, -0.1) is 0 Å². The highest BCUT2D eigenvalue weighted by molar-refractivity contribution is 7.00. The van der Waals surface area contributed by atoms with Crippen molar-refractivity contribution < 1.29 is 13.2 Å². The van der Waals surface area contributed by atoms with Crippen LogP contribution in [0.1, 0.15) is 16.7 Å². The summed E-state index contributed by atoms with van der Waals surface area (Å²) in [5, 5.41) is 30.6. The van der Waals surface area contributed by atoms with Gasteiger partial charge in [0.2, 0.25) is 0 Å². The number of benzene rings is 5. The van der Waals surface area contributed by atoms with Gasteiger partial charge in [0.1, 0.15) is 34.3 Å². The number of hydrogen-bond acceptors (Lipinski definition) is 7. The number of fused-ring (bicyclic) bond motifs is 5. The zero-order valence-electron chi connectivity index (χ0n) is 22.2. The number of halogens is 3. The van der Waals surface area contributed by atoms with Crippen LogP contribution in [0, 0.1) is 51.4 Å². The molecule has 206 valence electrons. The molecule has 0 atom stereocenters. The molecule has 44 heavy (non-hydrogen) atoms. The molecule has 2 aromatic heterocycles. The molecule has 2 heterocycles. The first kappa shape index (κ1) is 26.7. The number of pyridine rings is 1. The Morgan fingerprint density at radius 2 is 1.30 bits per heavy atom. The quantitative estimate of drug-likeness (QED) is 0.190. The molecule has 10 heteroatoms. The molecule has 0 N–H and O–H groups in total. The summed E-state index contributed by atoms with van der Waals surface area (Å²) < 4.78 is 54.5. The summed E-state index contributed by atoms with van der Waals surface area (Å²) in [6.45, 7) is 0. The third-order valence-electron chi connectivity index (χ3n) is 7.51. The monoisotopic (exact) mass is 594 g/mol. The molecule has 5 aromatic carbocycles. The van der Waals surface area contributed by atoms with E-state index in [-0.39, 0.29) is 5.56 Å². The first-order chi connectivity index (χ1) is 21.5. The van der Waals surface area contributed by atoms with Gasteiger partial charge in [0.05, 0.1) is 40.1 Å². The van der Waals surface area contributed by atoms with Crippen molar-refractivity contribution in [3.8, 4) is 51.7 Å². The Morgan fingerprint density at radius 3 is 2.00 bits per heavy atom. The summed E-state index contributed by atoms with van der Waals surface area (Å²) in [6.07, 6.45) is 0. The first-order valence-corrected chi connectivity index (χ1v) is 13.8. The number of hydrogen-bond donors (Lipinski definition) is 0. The molecule has 0 aliphatic rings. The molecule has 7 aromatic rings. The van der Waals surface area contributed by atoms with Crippen molar-refractivity contribution in [2.75, 3.05) is 0 Å². The maximum atomic E-state index is 15.4. The molecule has 0 aliphatic heterocycles. The van der Waals surface area contributed by atoms with Crippen LogP contribution in [-0.2, 0) is 0 Å². The number of nitrogens with zero attached hydrogens (tertiary/aromatic N) is 6. The lowest BCUT2D eigenvalue weighted by Crippen LogP contribution is -2.04. The minimum atomic E-state index is -1.55. The highest BCUT2D eigenvalue weighted by Crippen LogP contribution is 2.43. The van der Waals surface area contributed by atoms with Gasteiger partial charge >= 0.3 is 0 Å². The van der Waals surface area contributed by atoms with E-state index in [2.05, 4.69) is 14.8 Å². The summed E-state index contributed by atoms with van der Waals surface area (Å²) in [5.41, 5.74) is 1.69. The third-order valence-corrected chi connectivity index (χ3v) is 8.04. The highest BCUT2D eigenvalue weighted by Gasteiger charge is 2.27. The minimum absolute atomic E-state index is 0.0552. The molecule has 0 fully saturated rings. The zero-order valence-corrected chi connectivity index (χ0v) is 23.0. The van der Waals surface area contributed by atoms with E-state index in [1.54, 1.807) is 30.3 Å². The summed E-state index contributed by atoms with van der Waals surface area (Å²) in [6, 6.07) is 28.0. The van der Waals surface area contributed by atoms with Crippen LogP contribution in [0.15, 0.2) is 78.9 Å². The predicted octanol–water partition coefficient (Wildman–Crippen LogP) is 8.43. The van der Waals surface area contributed by atoms with Crippen LogP contribution in [0.25, 0.3) is 66.2 Å². The summed E-state index contributed by atoms with van der Waals surface area (Å²) >= 11 is 1.04. The summed E-state index contributed by atoms with van der Waals surface area (Å²) in [5.74, 6) is -4.40. The van der Waals surface area contributed by atoms with Gasteiger partial charge in [-0.3, -0.25) is 0 Å². The highest BCUT2D eigenvalue weighted by atomic mass is 32.1. The second-order valence-electron chi connectivity index (χ2n) is 9.81. The molecular weight excluding hydrogens is 581 g/mol. The SMILES string of the molecule is N#Cc1ccccc1-c1nc2cc(-c3c(F)c(C#N)c(F)c(C#N)c3F)ccc2c2c1cc(-c1ccccc1)c1nsnc12. The fraction of sp³-hybridized carbons (Fsp3) is 0. The van der Waals surface area contributed by atoms with Gasteiger partial charge in [-0.2, -0.15) is 24.5 Å². The van der Waals surface area contributed by atoms with E-state index in [4.69, 9.17) is 4.98 Å². The summed E-state index contributed by atoms with van der Waals surface area (Å²) in [4.78, 5) is 4.91. The molecule has 0 radical (unpaired) electrons. The van der Waals surface area contributed by atoms with Gasteiger partial charge in [0.25, 0.3) is 0 Å². The maximum absolute atomic E-state index is 15.4. The second-order valence-corrected chi connectivity index (χ2v) is 10.3. The third kappa shape index (κ3) is 3.89. The Morgan fingerprint density at radius 1 is 0.614 bits per heavy atom. The van der Waals surface area contributed by atoms with E-state index in [1.807, 2.05) is 36.4 Å². The number of aromatic nitrogens is 3. The van der Waals surface area contributed by atoms with Crippen molar-refractivity contribution in [2.45, 2.75) is 0 Å². The lowest BCUT2D eigenvalue weighted by molar-refractivity contribution is 0.539. The molecule has 7 rings (SSSR count). The molecule has 0 unspecified atom stereocenters. The normalized spacial score (nSPS) is 11.0. The molecule has 6 nitrogen and oxygen atoms in total. The average Bonchev–Trinajstić information content (AvgIpc) is 3.55. The van der Waals surface area contributed by atoms with Crippen LogP contribution in [0.3, 0.4) is 0 Å². The van der Waals surface area contributed by atoms with Crippen LogP contribution in [0.4, 0.5) is 13.2 Å². The molecular formula is C34H13F3N6S. The van der Waals surface area contributed by atoms with E-state index in [9.17, 15) is 20.2 Å². The van der Waals surface area contributed by atoms with Crippen molar-refractivity contribution >= 4 is 44.4 Å². The number of nitriles is 3. The fourth-order valence-electron chi connectivity index (χ4n) is 5.52. The topological polar surface area (TPSA) is 110 Å². The lowest BCUT2D eigenvalue weighted by Gasteiger charge is -2.15. The minimum Gasteiger partial charge on any atom is -0.247 e. The standard InChI is InChI=1S/C34H13F3N6S/c35-29-24(15-39)30(36)27(31(37)25(29)16-40)18-10-11-21-26(12-18)41-32(20-9-5-4-8-19(20)14-38)23-13-22(17-6-2-1-3-7-17)33-34(28(21)23)43-44-42-33/h1-13H.